The molecule has 56 valence electrons. The minimum Gasteiger partial charge on any atom is -0.366 e. The van der Waals surface area contributed by atoms with Crippen molar-refractivity contribution in [2.24, 2.45) is 5.14 Å². The van der Waals surface area contributed by atoms with Crippen LogP contribution < -0.4 is 5.14 Å². The molecule has 0 aliphatic rings. The average molecular weight is 160 g/mol. The SMILES string of the molecule is Cc1c[nH]cc1S(N)(=O)=O. The van der Waals surface area contributed by atoms with Gasteiger partial charge in [-0.05, 0) is 12.5 Å². The maximum atomic E-state index is 10.7. The second-order valence-corrected chi connectivity index (χ2v) is 3.58. The van der Waals surface area contributed by atoms with Crippen LogP contribution in [-0.2, 0) is 10.0 Å². The Hall–Kier alpha value is -0.810. The number of nitrogens with one attached hydrogen (secondary N) is 1. The first-order chi connectivity index (χ1) is 4.52. The Labute approximate surface area is 59.1 Å². The van der Waals surface area contributed by atoms with E-state index in [9.17, 15) is 8.42 Å². The molecule has 0 aromatic carbocycles. The Morgan fingerprint density at radius 3 is 2.30 bits per heavy atom. The average Bonchev–Trinajstić information content (AvgIpc) is 2.11. The lowest BCUT2D eigenvalue weighted by atomic mass is 10.4. The van der Waals surface area contributed by atoms with Crippen LogP contribution in [0.4, 0.5) is 0 Å². The molecule has 1 rings (SSSR count). The predicted molar refractivity (Wildman–Crippen MR) is 36.9 cm³/mol. The van der Waals surface area contributed by atoms with E-state index in [1.807, 2.05) is 0 Å². The monoisotopic (exact) mass is 160 g/mol. The number of rotatable bonds is 1. The summed E-state index contributed by atoms with van der Waals surface area (Å²) in [5.74, 6) is 0. The molecule has 0 saturated carbocycles. The standard InChI is InChI=1S/C5H8N2O2S/c1-4-2-7-3-5(4)10(6,8)9/h2-3,7H,1H3,(H2,6,8,9). The first-order valence-corrected chi connectivity index (χ1v) is 4.22. The molecule has 0 fully saturated rings. The highest BCUT2D eigenvalue weighted by Gasteiger charge is 2.10. The zero-order valence-electron chi connectivity index (χ0n) is 5.46. The van der Waals surface area contributed by atoms with Gasteiger partial charge in [-0.3, -0.25) is 0 Å². The topological polar surface area (TPSA) is 76.0 Å². The summed E-state index contributed by atoms with van der Waals surface area (Å²) in [5.41, 5.74) is 0.641. The highest BCUT2D eigenvalue weighted by molar-refractivity contribution is 7.89. The molecule has 5 heteroatoms. The molecule has 0 amide bonds. The molecular formula is C5H8N2O2S. The summed E-state index contributed by atoms with van der Waals surface area (Å²) in [6, 6.07) is 0. The first-order valence-electron chi connectivity index (χ1n) is 2.68. The fraction of sp³-hybridized carbons (Fsp3) is 0.200. The summed E-state index contributed by atoms with van der Waals surface area (Å²) in [4.78, 5) is 2.81. The normalized spacial score (nSPS) is 11.8. The molecule has 0 saturated heterocycles. The number of aryl methyl sites for hydroxylation is 1. The lowest BCUT2D eigenvalue weighted by molar-refractivity contribution is 0.597. The van der Waals surface area contributed by atoms with Crippen molar-refractivity contribution in [3.05, 3.63) is 18.0 Å². The van der Waals surface area contributed by atoms with Crippen molar-refractivity contribution in [1.82, 2.24) is 4.98 Å². The zero-order chi connectivity index (χ0) is 7.78. The largest absolute Gasteiger partial charge is 0.366 e. The lowest BCUT2D eigenvalue weighted by Crippen LogP contribution is -2.12. The van der Waals surface area contributed by atoms with Gasteiger partial charge in [-0.1, -0.05) is 0 Å². The van der Waals surface area contributed by atoms with Crippen molar-refractivity contribution in [3.8, 4) is 0 Å². The Morgan fingerprint density at radius 2 is 2.10 bits per heavy atom. The van der Waals surface area contributed by atoms with Crippen molar-refractivity contribution in [3.63, 3.8) is 0 Å². The number of hydrogen-bond donors (Lipinski definition) is 2. The molecule has 0 atom stereocenters. The molecule has 0 unspecified atom stereocenters. The number of H-pyrrole nitrogens is 1. The number of sulfonamides is 1. The molecule has 1 aromatic heterocycles. The molecule has 0 spiro atoms. The Bertz CT molecular complexity index is 325. The first kappa shape index (κ1) is 7.30. The van der Waals surface area contributed by atoms with E-state index in [0.29, 0.717) is 5.56 Å². The second kappa shape index (κ2) is 2.10. The van der Waals surface area contributed by atoms with E-state index in [1.54, 1.807) is 13.1 Å². The molecule has 0 bridgehead atoms. The van der Waals surface area contributed by atoms with Gasteiger partial charge in [0.2, 0.25) is 10.0 Å². The van der Waals surface area contributed by atoms with Crippen LogP contribution in [0.3, 0.4) is 0 Å². The van der Waals surface area contributed by atoms with Gasteiger partial charge in [0.15, 0.2) is 0 Å². The molecule has 1 heterocycles. The van der Waals surface area contributed by atoms with E-state index in [-0.39, 0.29) is 4.90 Å². The van der Waals surface area contributed by atoms with Gasteiger partial charge >= 0.3 is 0 Å². The van der Waals surface area contributed by atoms with Crippen molar-refractivity contribution in [2.45, 2.75) is 11.8 Å². The summed E-state index contributed by atoms with van der Waals surface area (Å²) in [6.07, 6.45) is 2.95. The highest BCUT2D eigenvalue weighted by atomic mass is 32.2. The molecule has 4 nitrogen and oxygen atoms in total. The third kappa shape index (κ3) is 1.19. The van der Waals surface area contributed by atoms with E-state index in [4.69, 9.17) is 5.14 Å². The molecule has 10 heavy (non-hydrogen) atoms. The molecule has 0 aliphatic heterocycles. The van der Waals surface area contributed by atoms with E-state index in [2.05, 4.69) is 4.98 Å². The van der Waals surface area contributed by atoms with Crippen LogP contribution in [0.5, 0.6) is 0 Å². The van der Waals surface area contributed by atoms with Crippen molar-refractivity contribution in [2.75, 3.05) is 0 Å². The quantitative estimate of drug-likeness (QED) is 0.605. The van der Waals surface area contributed by atoms with E-state index in [0.717, 1.165) is 0 Å². The van der Waals surface area contributed by atoms with Crippen LogP contribution in [0.2, 0.25) is 0 Å². The zero-order valence-corrected chi connectivity index (χ0v) is 6.27. The number of aromatic nitrogens is 1. The number of primary sulfonamides is 1. The number of hydrogen-bond acceptors (Lipinski definition) is 2. The molecule has 1 aromatic rings. The van der Waals surface area contributed by atoms with Crippen LogP contribution >= 0.6 is 0 Å². The van der Waals surface area contributed by atoms with Crippen LogP contribution in [0.1, 0.15) is 5.56 Å². The van der Waals surface area contributed by atoms with Gasteiger partial charge in [0, 0.05) is 12.4 Å². The minimum absolute atomic E-state index is 0.160. The van der Waals surface area contributed by atoms with E-state index in [1.165, 1.54) is 6.20 Å². The fourth-order valence-electron chi connectivity index (χ4n) is 0.734. The summed E-state index contributed by atoms with van der Waals surface area (Å²) in [6.45, 7) is 1.68. The minimum atomic E-state index is -3.52. The van der Waals surface area contributed by atoms with Crippen molar-refractivity contribution in [1.29, 1.82) is 0 Å². The van der Waals surface area contributed by atoms with Crippen LogP contribution in [0.25, 0.3) is 0 Å². The maximum absolute atomic E-state index is 10.7. The van der Waals surface area contributed by atoms with Gasteiger partial charge in [0.05, 0.1) is 0 Å². The van der Waals surface area contributed by atoms with Gasteiger partial charge in [0.1, 0.15) is 4.90 Å². The van der Waals surface area contributed by atoms with Gasteiger partial charge in [0.25, 0.3) is 0 Å². The van der Waals surface area contributed by atoms with Crippen LogP contribution in [0.15, 0.2) is 17.3 Å². The van der Waals surface area contributed by atoms with Crippen LogP contribution in [0, 0.1) is 6.92 Å². The van der Waals surface area contributed by atoms with Crippen LogP contribution in [-0.4, -0.2) is 13.4 Å². The van der Waals surface area contributed by atoms with Gasteiger partial charge < -0.3 is 4.98 Å². The fourth-order valence-corrected chi connectivity index (χ4v) is 1.47. The summed E-state index contributed by atoms with van der Waals surface area (Å²) >= 11 is 0. The van der Waals surface area contributed by atoms with E-state index < -0.39 is 10.0 Å². The summed E-state index contributed by atoms with van der Waals surface area (Å²) in [7, 11) is -3.52. The number of aromatic amines is 1. The third-order valence-corrected chi connectivity index (χ3v) is 2.26. The van der Waals surface area contributed by atoms with Gasteiger partial charge in [-0.25, -0.2) is 13.6 Å². The lowest BCUT2D eigenvalue weighted by Gasteiger charge is -1.92. The van der Waals surface area contributed by atoms with Gasteiger partial charge in [-0.15, -0.1) is 0 Å². The Balaban J connectivity index is 3.32. The molecule has 0 radical (unpaired) electrons. The Morgan fingerprint density at radius 1 is 1.50 bits per heavy atom. The molecule has 3 N–H and O–H groups in total. The van der Waals surface area contributed by atoms with Gasteiger partial charge in [-0.2, -0.15) is 0 Å². The Kier molecular flexibility index (Phi) is 1.53. The second-order valence-electron chi connectivity index (χ2n) is 2.05. The summed E-state index contributed by atoms with van der Waals surface area (Å²) < 4.78 is 21.3. The van der Waals surface area contributed by atoms with Crippen molar-refractivity contribution < 1.29 is 8.42 Å². The molecular weight excluding hydrogens is 152 g/mol. The third-order valence-electron chi connectivity index (χ3n) is 1.21. The molecule has 0 aliphatic carbocycles. The smallest absolute Gasteiger partial charge is 0.239 e. The van der Waals surface area contributed by atoms with E-state index >= 15 is 0 Å². The van der Waals surface area contributed by atoms with Crippen molar-refractivity contribution >= 4 is 10.0 Å². The highest BCUT2D eigenvalue weighted by Crippen LogP contribution is 2.10. The maximum Gasteiger partial charge on any atom is 0.239 e. The predicted octanol–water partition coefficient (Wildman–Crippen LogP) is -0.0295. The summed E-state index contributed by atoms with van der Waals surface area (Å²) in [5, 5.41) is 4.85. The number of nitrogens with two attached hydrogens (primary N) is 1.